The second-order valence-electron chi connectivity index (χ2n) is 4.62. The smallest absolute Gasteiger partial charge is 0.235 e. The third kappa shape index (κ3) is 4.16. The zero-order chi connectivity index (χ0) is 15.7. The average molecular weight is 379 g/mol. The summed E-state index contributed by atoms with van der Waals surface area (Å²) in [5, 5.41) is 6.56. The van der Waals surface area contributed by atoms with Crippen molar-refractivity contribution in [3.63, 3.8) is 0 Å². The van der Waals surface area contributed by atoms with Gasteiger partial charge >= 0.3 is 6.18 Å². The van der Waals surface area contributed by atoms with Crippen LogP contribution in [0.15, 0.2) is 9.63 Å². The van der Waals surface area contributed by atoms with Crippen molar-refractivity contribution in [2.75, 3.05) is 13.1 Å². The van der Waals surface area contributed by atoms with E-state index in [0.29, 0.717) is 4.31 Å². The molecule has 1 heterocycles. The fourth-order valence-electron chi connectivity index (χ4n) is 1.57. The maximum absolute atomic E-state index is 12.6. The lowest BCUT2D eigenvalue weighted by atomic mass is 10.2. The van der Waals surface area contributed by atoms with Gasteiger partial charge in [-0.1, -0.05) is 19.1 Å². The van der Waals surface area contributed by atoms with E-state index >= 15 is 0 Å². The molecular weight excluding hydrogens is 365 g/mol. The zero-order valence-electron chi connectivity index (χ0n) is 11.0. The monoisotopic (exact) mass is 378 g/mol. The van der Waals surface area contributed by atoms with Gasteiger partial charge in [-0.2, -0.15) is 17.5 Å². The molecule has 0 radical (unpaired) electrons. The van der Waals surface area contributed by atoms with Crippen molar-refractivity contribution < 1.29 is 21.6 Å². The number of nitrogens with zero attached hydrogens (tertiary/aromatic N) is 4. The van der Waals surface area contributed by atoms with Crippen molar-refractivity contribution in [1.29, 1.82) is 0 Å². The van der Waals surface area contributed by atoms with Crippen molar-refractivity contribution in [2.24, 2.45) is 13.0 Å². The Morgan fingerprint density at radius 1 is 1.40 bits per heavy atom. The predicted molar refractivity (Wildman–Crippen MR) is 68.4 cm³/mol. The fraction of sp³-hybridized carbons (Fsp3) is 0.778. The number of sulfonamides is 1. The van der Waals surface area contributed by atoms with Gasteiger partial charge < -0.3 is 0 Å². The lowest BCUT2D eigenvalue weighted by molar-refractivity contribution is -0.136. The standard InChI is InChI=1S/C9H14BrF3N4O2S/c1-6(2)4-17(5-9(11,12)13)20(18,19)8-7(10)14-15-16(8)3/h6H,4-5H2,1-3H3. The number of rotatable bonds is 5. The SMILES string of the molecule is CC(C)CN(CC(F)(F)F)S(=O)(=O)c1c(Br)nnn1C. The topological polar surface area (TPSA) is 68.1 Å². The number of aromatic nitrogens is 3. The summed E-state index contributed by atoms with van der Waals surface area (Å²) in [4.78, 5) is 0. The Balaban J connectivity index is 3.24. The lowest BCUT2D eigenvalue weighted by Crippen LogP contribution is -2.41. The Morgan fingerprint density at radius 2 is 1.95 bits per heavy atom. The van der Waals surface area contributed by atoms with E-state index in [1.165, 1.54) is 7.05 Å². The molecule has 0 N–H and O–H groups in total. The molecule has 6 nitrogen and oxygen atoms in total. The Bertz CT molecular complexity index is 551. The van der Waals surface area contributed by atoms with E-state index in [-0.39, 0.29) is 17.1 Å². The van der Waals surface area contributed by atoms with Crippen LogP contribution in [0, 0.1) is 5.92 Å². The van der Waals surface area contributed by atoms with E-state index in [1.54, 1.807) is 13.8 Å². The summed E-state index contributed by atoms with van der Waals surface area (Å²) < 4.78 is 63.6. The number of hydrogen-bond acceptors (Lipinski definition) is 4. The Labute approximate surface area is 123 Å². The highest BCUT2D eigenvalue weighted by atomic mass is 79.9. The fourth-order valence-corrected chi connectivity index (χ4v) is 4.19. The van der Waals surface area contributed by atoms with E-state index in [1.807, 2.05) is 0 Å². The molecule has 0 fully saturated rings. The van der Waals surface area contributed by atoms with Gasteiger partial charge in [-0.15, -0.1) is 5.10 Å². The van der Waals surface area contributed by atoms with Crippen molar-refractivity contribution in [1.82, 2.24) is 19.3 Å². The van der Waals surface area contributed by atoms with Crippen LogP contribution in [0.1, 0.15) is 13.8 Å². The summed E-state index contributed by atoms with van der Waals surface area (Å²) in [6.45, 7) is 1.47. The van der Waals surface area contributed by atoms with Gasteiger partial charge in [-0.05, 0) is 21.8 Å². The highest BCUT2D eigenvalue weighted by Crippen LogP contribution is 2.26. The van der Waals surface area contributed by atoms with Crippen LogP contribution in [0.25, 0.3) is 0 Å². The van der Waals surface area contributed by atoms with E-state index < -0.39 is 27.8 Å². The van der Waals surface area contributed by atoms with Crippen LogP contribution < -0.4 is 0 Å². The molecule has 20 heavy (non-hydrogen) atoms. The third-order valence-corrected chi connectivity index (χ3v) is 4.95. The van der Waals surface area contributed by atoms with Crippen LogP contribution in [0.4, 0.5) is 13.2 Å². The van der Waals surface area contributed by atoms with Crippen LogP contribution in [-0.2, 0) is 17.1 Å². The molecule has 0 spiro atoms. The minimum atomic E-state index is -4.62. The van der Waals surface area contributed by atoms with Gasteiger partial charge in [-0.25, -0.2) is 13.1 Å². The number of alkyl halides is 3. The highest BCUT2D eigenvalue weighted by Gasteiger charge is 2.39. The second kappa shape index (κ2) is 5.98. The lowest BCUT2D eigenvalue weighted by Gasteiger charge is -2.24. The molecule has 0 aliphatic carbocycles. The second-order valence-corrected chi connectivity index (χ2v) is 7.22. The minimum absolute atomic E-state index is 0.115. The molecule has 11 heteroatoms. The molecule has 116 valence electrons. The molecule has 1 rings (SSSR count). The average Bonchev–Trinajstić information content (AvgIpc) is 2.55. The first kappa shape index (κ1) is 17.4. The first-order valence-electron chi connectivity index (χ1n) is 5.57. The van der Waals surface area contributed by atoms with E-state index in [2.05, 4.69) is 26.2 Å². The quantitative estimate of drug-likeness (QED) is 0.783. The normalized spacial score (nSPS) is 13.4. The summed E-state index contributed by atoms with van der Waals surface area (Å²) in [5.41, 5.74) is 0. The molecule has 1 aromatic rings. The van der Waals surface area contributed by atoms with Gasteiger partial charge in [0.2, 0.25) is 5.03 Å². The molecule has 0 unspecified atom stereocenters. The van der Waals surface area contributed by atoms with Gasteiger partial charge in [-0.3, -0.25) is 0 Å². The van der Waals surface area contributed by atoms with Crippen LogP contribution in [0.5, 0.6) is 0 Å². The summed E-state index contributed by atoms with van der Waals surface area (Å²) in [6, 6.07) is 0. The number of hydrogen-bond donors (Lipinski definition) is 0. The first-order chi connectivity index (χ1) is 8.95. The van der Waals surface area contributed by atoms with Crippen LogP contribution in [0.3, 0.4) is 0 Å². The maximum Gasteiger partial charge on any atom is 0.402 e. The maximum atomic E-state index is 12.6. The third-order valence-electron chi connectivity index (χ3n) is 2.25. The van der Waals surface area contributed by atoms with Crippen molar-refractivity contribution >= 4 is 26.0 Å². The van der Waals surface area contributed by atoms with Gasteiger partial charge in [0.05, 0.1) is 0 Å². The summed E-state index contributed by atoms with van der Waals surface area (Å²) >= 11 is 2.89. The van der Waals surface area contributed by atoms with Crippen molar-refractivity contribution in [3.05, 3.63) is 4.60 Å². The zero-order valence-corrected chi connectivity index (χ0v) is 13.4. The molecule has 0 aliphatic heterocycles. The minimum Gasteiger partial charge on any atom is -0.235 e. The van der Waals surface area contributed by atoms with Gasteiger partial charge in [0.15, 0.2) is 4.60 Å². The Hall–Kier alpha value is -0.680. The molecule has 0 aromatic carbocycles. The molecule has 0 amide bonds. The molecule has 0 bridgehead atoms. The van der Waals surface area contributed by atoms with E-state index in [9.17, 15) is 21.6 Å². The summed E-state index contributed by atoms with van der Waals surface area (Å²) in [7, 11) is -3.05. The highest BCUT2D eigenvalue weighted by molar-refractivity contribution is 9.10. The molecule has 0 saturated carbocycles. The van der Waals surface area contributed by atoms with Crippen molar-refractivity contribution in [3.8, 4) is 0 Å². The summed E-state index contributed by atoms with van der Waals surface area (Å²) in [6.07, 6.45) is -4.62. The first-order valence-corrected chi connectivity index (χ1v) is 7.80. The van der Waals surface area contributed by atoms with Crippen LogP contribution in [0.2, 0.25) is 0 Å². The summed E-state index contributed by atoms with van der Waals surface area (Å²) in [5.74, 6) is -0.257. The van der Waals surface area contributed by atoms with Gasteiger partial charge in [0, 0.05) is 13.6 Å². The molecule has 0 saturated heterocycles. The molecule has 1 aromatic heterocycles. The Kier molecular flexibility index (Phi) is 5.19. The van der Waals surface area contributed by atoms with Crippen LogP contribution in [-0.4, -0.2) is 47.0 Å². The predicted octanol–water partition coefficient (Wildman–Crippen LogP) is 1.79. The van der Waals surface area contributed by atoms with Gasteiger partial charge in [0.1, 0.15) is 6.54 Å². The molecule has 0 atom stereocenters. The van der Waals surface area contributed by atoms with Gasteiger partial charge in [0.25, 0.3) is 10.0 Å². The van der Waals surface area contributed by atoms with E-state index in [4.69, 9.17) is 0 Å². The van der Waals surface area contributed by atoms with Crippen LogP contribution >= 0.6 is 15.9 Å². The number of halogens is 4. The molecule has 0 aliphatic rings. The Morgan fingerprint density at radius 3 is 2.30 bits per heavy atom. The molecular formula is C9H14BrF3N4O2S. The van der Waals surface area contributed by atoms with Crippen molar-refractivity contribution in [2.45, 2.75) is 25.0 Å². The van der Waals surface area contributed by atoms with E-state index in [0.717, 1.165) is 4.68 Å². The number of aryl methyl sites for hydroxylation is 1. The largest absolute Gasteiger partial charge is 0.402 e.